The molecule has 1 fully saturated rings. The largest absolute Gasteiger partial charge is 0.390 e. The molecule has 0 spiro atoms. The highest BCUT2D eigenvalue weighted by Gasteiger charge is 2.38. The van der Waals surface area contributed by atoms with Crippen molar-refractivity contribution in [2.45, 2.75) is 19.4 Å². The Labute approximate surface area is 107 Å². The minimum atomic E-state index is -0.589. The molecule has 4 heteroatoms. The third-order valence-electron chi connectivity index (χ3n) is 3.95. The standard InChI is InChI=1S/C14H19N3O/c1-14(2,18)10-7-17(8-10)12-6-4-5-11-13(12)15-9-16(11)3/h4-6,9-10,18H,7-8H2,1-3H3. The summed E-state index contributed by atoms with van der Waals surface area (Å²) in [7, 11) is 2.01. The van der Waals surface area contributed by atoms with E-state index in [1.807, 2.05) is 31.8 Å². The summed E-state index contributed by atoms with van der Waals surface area (Å²) in [5.74, 6) is 0.344. The molecule has 18 heavy (non-hydrogen) atoms. The Morgan fingerprint density at radius 1 is 1.33 bits per heavy atom. The number of nitrogens with zero attached hydrogens (tertiary/aromatic N) is 3. The lowest BCUT2D eigenvalue weighted by Gasteiger charge is -2.46. The summed E-state index contributed by atoms with van der Waals surface area (Å²) in [4.78, 5) is 6.76. The summed E-state index contributed by atoms with van der Waals surface area (Å²) in [6.07, 6.45) is 1.85. The number of aliphatic hydroxyl groups is 1. The van der Waals surface area contributed by atoms with E-state index in [1.165, 1.54) is 5.69 Å². The lowest BCUT2D eigenvalue weighted by Crippen LogP contribution is -2.55. The van der Waals surface area contributed by atoms with Gasteiger partial charge in [-0.1, -0.05) is 6.07 Å². The van der Waals surface area contributed by atoms with Gasteiger partial charge < -0.3 is 14.6 Å². The minimum absolute atomic E-state index is 0.344. The highest BCUT2D eigenvalue weighted by molar-refractivity contribution is 5.89. The zero-order valence-corrected chi connectivity index (χ0v) is 11.1. The summed E-state index contributed by atoms with van der Waals surface area (Å²) in [6, 6.07) is 6.26. The van der Waals surface area contributed by atoms with Crippen LogP contribution in [0.5, 0.6) is 0 Å². The molecule has 96 valence electrons. The highest BCUT2D eigenvalue weighted by Crippen LogP contribution is 2.34. The Morgan fingerprint density at radius 3 is 2.72 bits per heavy atom. The molecular formula is C14H19N3O. The zero-order valence-electron chi connectivity index (χ0n) is 11.1. The van der Waals surface area contributed by atoms with Gasteiger partial charge in [0.25, 0.3) is 0 Å². The number of aryl methyl sites for hydroxylation is 1. The second kappa shape index (κ2) is 3.72. The predicted octanol–water partition coefficient (Wildman–Crippen LogP) is 1.78. The van der Waals surface area contributed by atoms with Crippen LogP contribution in [0.25, 0.3) is 11.0 Å². The van der Waals surface area contributed by atoms with Crippen LogP contribution in [0.4, 0.5) is 5.69 Å². The zero-order chi connectivity index (χ0) is 12.9. The summed E-state index contributed by atoms with van der Waals surface area (Å²) in [5, 5.41) is 9.97. The Kier molecular flexibility index (Phi) is 2.38. The van der Waals surface area contributed by atoms with E-state index in [4.69, 9.17) is 0 Å². The van der Waals surface area contributed by atoms with Crippen LogP contribution in [0.15, 0.2) is 24.5 Å². The summed E-state index contributed by atoms with van der Waals surface area (Å²) in [5.41, 5.74) is 2.79. The quantitative estimate of drug-likeness (QED) is 0.877. The van der Waals surface area contributed by atoms with Crippen LogP contribution in [0, 0.1) is 5.92 Å². The molecule has 2 aromatic rings. The van der Waals surface area contributed by atoms with E-state index >= 15 is 0 Å². The maximum atomic E-state index is 9.97. The van der Waals surface area contributed by atoms with Gasteiger partial charge in [-0.15, -0.1) is 0 Å². The van der Waals surface area contributed by atoms with E-state index < -0.39 is 5.60 Å². The molecule has 0 atom stereocenters. The first-order chi connectivity index (χ1) is 8.47. The monoisotopic (exact) mass is 245 g/mol. The summed E-state index contributed by atoms with van der Waals surface area (Å²) in [6.45, 7) is 5.57. The number of hydrogen-bond acceptors (Lipinski definition) is 3. The van der Waals surface area contributed by atoms with Crippen molar-refractivity contribution in [3.05, 3.63) is 24.5 Å². The van der Waals surface area contributed by atoms with E-state index in [9.17, 15) is 5.11 Å². The van der Waals surface area contributed by atoms with Crippen molar-refractivity contribution in [2.24, 2.45) is 13.0 Å². The minimum Gasteiger partial charge on any atom is -0.390 e. The Hall–Kier alpha value is -1.55. The van der Waals surface area contributed by atoms with E-state index in [0.717, 1.165) is 24.1 Å². The van der Waals surface area contributed by atoms with Crippen LogP contribution < -0.4 is 4.90 Å². The van der Waals surface area contributed by atoms with E-state index in [2.05, 4.69) is 28.1 Å². The van der Waals surface area contributed by atoms with Gasteiger partial charge in [0, 0.05) is 26.1 Å². The molecule has 0 saturated carbocycles. The number of fused-ring (bicyclic) bond motifs is 1. The van der Waals surface area contributed by atoms with Gasteiger partial charge in [0.15, 0.2) is 0 Å². The molecule has 0 radical (unpaired) electrons. The van der Waals surface area contributed by atoms with E-state index in [1.54, 1.807) is 0 Å². The van der Waals surface area contributed by atoms with Crippen molar-refractivity contribution in [3.63, 3.8) is 0 Å². The molecule has 3 rings (SSSR count). The fraction of sp³-hybridized carbons (Fsp3) is 0.500. The van der Waals surface area contributed by atoms with Crippen molar-refractivity contribution in [2.75, 3.05) is 18.0 Å². The lowest BCUT2D eigenvalue weighted by molar-refractivity contribution is 0.00466. The van der Waals surface area contributed by atoms with Crippen LogP contribution in [0.1, 0.15) is 13.8 Å². The molecule has 1 aliphatic heterocycles. The van der Waals surface area contributed by atoms with Crippen molar-refractivity contribution < 1.29 is 5.11 Å². The van der Waals surface area contributed by atoms with Gasteiger partial charge in [0.05, 0.1) is 23.1 Å². The van der Waals surface area contributed by atoms with Crippen LogP contribution in [-0.2, 0) is 7.05 Å². The van der Waals surface area contributed by atoms with Gasteiger partial charge in [-0.25, -0.2) is 4.98 Å². The lowest BCUT2D eigenvalue weighted by atomic mass is 9.84. The molecule has 1 aromatic heterocycles. The predicted molar refractivity (Wildman–Crippen MR) is 72.7 cm³/mol. The third kappa shape index (κ3) is 1.68. The number of benzene rings is 1. The van der Waals surface area contributed by atoms with E-state index in [0.29, 0.717) is 5.92 Å². The number of anilines is 1. The molecule has 0 bridgehead atoms. The normalized spacial score (nSPS) is 17.2. The third-order valence-corrected chi connectivity index (χ3v) is 3.95. The smallest absolute Gasteiger partial charge is 0.112 e. The number of hydrogen-bond donors (Lipinski definition) is 1. The summed E-state index contributed by atoms with van der Waals surface area (Å²) >= 11 is 0. The number of imidazole rings is 1. The first-order valence-electron chi connectivity index (χ1n) is 6.34. The average molecular weight is 245 g/mol. The van der Waals surface area contributed by atoms with Gasteiger partial charge >= 0.3 is 0 Å². The Balaban J connectivity index is 1.89. The first kappa shape index (κ1) is 11.5. The fourth-order valence-electron chi connectivity index (χ4n) is 2.52. The average Bonchev–Trinajstić information content (AvgIpc) is 2.57. The maximum Gasteiger partial charge on any atom is 0.112 e. The van der Waals surface area contributed by atoms with Crippen LogP contribution in [0.2, 0.25) is 0 Å². The van der Waals surface area contributed by atoms with Crippen molar-refractivity contribution in [3.8, 4) is 0 Å². The molecule has 1 aliphatic rings. The Morgan fingerprint density at radius 2 is 2.06 bits per heavy atom. The molecule has 1 N–H and O–H groups in total. The van der Waals surface area contributed by atoms with Crippen LogP contribution in [-0.4, -0.2) is 33.3 Å². The number of aromatic nitrogens is 2. The first-order valence-corrected chi connectivity index (χ1v) is 6.34. The number of para-hydroxylation sites is 1. The van der Waals surface area contributed by atoms with Gasteiger partial charge in [-0.05, 0) is 26.0 Å². The molecule has 4 nitrogen and oxygen atoms in total. The van der Waals surface area contributed by atoms with Gasteiger partial charge in [-0.2, -0.15) is 0 Å². The maximum absolute atomic E-state index is 9.97. The SMILES string of the molecule is Cn1cnc2c(N3CC(C(C)(C)O)C3)cccc21. The molecule has 1 aromatic carbocycles. The van der Waals surface area contributed by atoms with Crippen LogP contribution >= 0.6 is 0 Å². The number of rotatable bonds is 2. The topological polar surface area (TPSA) is 41.3 Å². The molecule has 2 heterocycles. The molecule has 1 saturated heterocycles. The van der Waals surface area contributed by atoms with Crippen molar-refractivity contribution >= 4 is 16.7 Å². The van der Waals surface area contributed by atoms with Gasteiger partial charge in [0.1, 0.15) is 5.52 Å². The highest BCUT2D eigenvalue weighted by atomic mass is 16.3. The second-order valence-electron chi connectivity index (χ2n) is 5.76. The fourth-order valence-corrected chi connectivity index (χ4v) is 2.52. The van der Waals surface area contributed by atoms with E-state index in [-0.39, 0.29) is 0 Å². The van der Waals surface area contributed by atoms with Gasteiger partial charge in [0.2, 0.25) is 0 Å². The van der Waals surface area contributed by atoms with Crippen molar-refractivity contribution in [1.29, 1.82) is 0 Å². The molecule has 0 aliphatic carbocycles. The summed E-state index contributed by atoms with van der Waals surface area (Å²) < 4.78 is 2.03. The molecule has 0 amide bonds. The molecule has 0 unspecified atom stereocenters. The molecular weight excluding hydrogens is 226 g/mol. The van der Waals surface area contributed by atoms with Crippen molar-refractivity contribution in [1.82, 2.24) is 9.55 Å². The van der Waals surface area contributed by atoms with Gasteiger partial charge in [-0.3, -0.25) is 0 Å². The Bertz CT molecular complexity index is 576. The van der Waals surface area contributed by atoms with Crippen LogP contribution in [0.3, 0.4) is 0 Å². The second-order valence-corrected chi connectivity index (χ2v) is 5.76.